The molecule has 20 heavy (non-hydrogen) atoms. The quantitative estimate of drug-likeness (QED) is 0.451. The second-order valence-corrected chi connectivity index (χ2v) is 5.75. The Balaban J connectivity index is 3.68. The second-order valence-electron chi connectivity index (χ2n) is 3.25. The fourth-order valence-electron chi connectivity index (χ4n) is 1.38. The molecule has 0 aliphatic carbocycles. The molecule has 0 N–H and O–H groups in total. The average Bonchev–Trinajstić information content (AvgIpc) is 2.26. The molecule has 0 amide bonds. The van der Waals surface area contributed by atoms with Gasteiger partial charge in [0, 0.05) is 16.7 Å². The minimum Gasteiger partial charge on any atom is -0.492 e. The normalized spacial score (nSPS) is 11.4. The molecule has 0 saturated carbocycles. The Morgan fingerprint density at radius 1 is 1.45 bits per heavy atom. The maximum absolute atomic E-state index is 12.3. The van der Waals surface area contributed by atoms with Crippen molar-refractivity contribution in [1.82, 2.24) is 0 Å². The molecular formula is C9H8ClF2NO6S. The summed E-state index contributed by atoms with van der Waals surface area (Å²) in [6.07, 6.45) is 0. The summed E-state index contributed by atoms with van der Waals surface area (Å²) in [4.78, 5) is 8.68. The number of nitro groups is 1. The third-order valence-corrected chi connectivity index (χ3v) is 3.34. The maximum Gasteiger partial charge on any atom is 0.387 e. The van der Waals surface area contributed by atoms with E-state index in [-0.39, 0.29) is 6.61 Å². The predicted molar refractivity (Wildman–Crippen MR) is 63.9 cm³/mol. The van der Waals surface area contributed by atoms with Crippen LogP contribution in [0, 0.1) is 10.1 Å². The van der Waals surface area contributed by atoms with Crippen molar-refractivity contribution in [2.24, 2.45) is 0 Å². The first kappa shape index (κ1) is 16.4. The monoisotopic (exact) mass is 331 g/mol. The van der Waals surface area contributed by atoms with Crippen molar-refractivity contribution in [2.75, 3.05) is 6.61 Å². The van der Waals surface area contributed by atoms with E-state index < -0.39 is 42.7 Å². The summed E-state index contributed by atoms with van der Waals surface area (Å²) in [6, 6.07) is 1.73. The molecule has 11 heteroatoms. The molecule has 0 fully saturated rings. The molecule has 0 aromatic heterocycles. The van der Waals surface area contributed by atoms with Crippen LogP contribution in [0.5, 0.6) is 11.5 Å². The third kappa shape index (κ3) is 3.67. The molecule has 7 nitrogen and oxygen atoms in total. The van der Waals surface area contributed by atoms with Gasteiger partial charge in [0.15, 0.2) is 4.90 Å². The predicted octanol–water partition coefficient (Wildman–Crippen LogP) is 2.52. The van der Waals surface area contributed by atoms with Crippen LogP contribution < -0.4 is 9.47 Å². The summed E-state index contributed by atoms with van der Waals surface area (Å²) in [5, 5.41) is 10.8. The van der Waals surface area contributed by atoms with E-state index in [4.69, 9.17) is 15.4 Å². The first-order valence-electron chi connectivity index (χ1n) is 5.02. The lowest BCUT2D eigenvalue weighted by molar-refractivity contribution is -0.386. The van der Waals surface area contributed by atoms with E-state index in [2.05, 4.69) is 4.74 Å². The Morgan fingerprint density at radius 3 is 2.45 bits per heavy atom. The van der Waals surface area contributed by atoms with Crippen LogP contribution in [0.2, 0.25) is 0 Å². The van der Waals surface area contributed by atoms with Gasteiger partial charge in [-0.15, -0.1) is 0 Å². The van der Waals surface area contributed by atoms with Crippen LogP contribution in [0.15, 0.2) is 17.0 Å². The zero-order chi connectivity index (χ0) is 15.5. The van der Waals surface area contributed by atoms with Crippen molar-refractivity contribution in [3.05, 3.63) is 22.2 Å². The van der Waals surface area contributed by atoms with Crippen LogP contribution in [0.3, 0.4) is 0 Å². The molecule has 1 aromatic carbocycles. The first-order valence-corrected chi connectivity index (χ1v) is 7.33. The summed E-state index contributed by atoms with van der Waals surface area (Å²) < 4.78 is 56.4. The summed E-state index contributed by atoms with van der Waals surface area (Å²) >= 11 is 0. The average molecular weight is 332 g/mol. The zero-order valence-electron chi connectivity index (χ0n) is 9.88. The summed E-state index contributed by atoms with van der Waals surface area (Å²) in [5.41, 5.74) is -0.965. The van der Waals surface area contributed by atoms with Gasteiger partial charge in [-0.25, -0.2) is 8.42 Å². The standard InChI is InChI=1S/C9H8ClF2NO6S/c1-2-18-6-4-3-5(13(14)15)7(19-9(11)12)8(6)20(10,16)17/h3-4,9H,2H2,1H3. The van der Waals surface area contributed by atoms with Gasteiger partial charge in [-0.05, 0) is 13.0 Å². The zero-order valence-corrected chi connectivity index (χ0v) is 11.5. The highest BCUT2D eigenvalue weighted by atomic mass is 35.7. The fourth-order valence-corrected chi connectivity index (χ4v) is 2.56. The van der Waals surface area contributed by atoms with E-state index in [0.717, 1.165) is 12.1 Å². The van der Waals surface area contributed by atoms with Gasteiger partial charge in [0.25, 0.3) is 9.05 Å². The Morgan fingerprint density at radius 2 is 2.05 bits per heavy atom. The Hall–Kier alpha value is -1.68. The fraction of sp³-hybridized carbons (Fsp3) is 0.333. The number of hydrogen-bond acceptors (Lipinski definition) is 6. The summed E-state index contributed by atoms with van der Waals surface area (Å²) in [5.74, 6) is -1.57. The number of ether oxygens (including phenoxy) is 2. The van der Waals surface area contributed by atoms with E-state index in [1.807, 2.05) is 0 Å². The number of nitrogens with zero attached hydrogens (tertiary/aromatic N) is 1. The molecule has 0 aliphatic rings. The van der Waals surface area contributed by atoms with Gasteiger partial charge in [0.2, 0.25) is 5.75 Å². The summed E-state index contributed by atoms with van der Waals surface area (Å²) in [7, 11) is 0.506. The van der Waals surface area contributed by atoms with Crippen molar-refractivity contribution in [3.8, 4) is 11.5 Å². The lowest BCUT2D eigenvalue weighted by atomic mass is 10.2. The highest BCUT2D eigenvalue weighted by Gasteiger charge is 2.32. The molecule has 0 bridgehead atoms. The number of alkyl halides is 2. The van der Waals surface area contributed by atoms with Gasteiger partial charge in [-0.1, -0.05) is 0 Å². The van der Waals surface area contributed by atoms with E-state index in [0.29, 0.717) is 0 Å². The van der Waals surface area contributed by atoms with Crippen LogP contribution in [-0.4, -0.2) is 26.6 Å². The number of benzene rings is 1. The molecule has 0 saturated heterocycles. The van der Waals surface area contributed by atoms with Crippen molar-refractivity contribution in [2.45, 2.75) is 18.4 Å². The van der Waals surface area contributed by atoms with Gasteiger partial charge in [0.1, 0.15) is 5.75 Å². The maximum atomic E-state index is 12.3. The molecule has 0 heterocycles. The van der Waals surface area contributed by atoms with Crippen LogP contribution in [0.25, 0.3) is 0 Å². The van der Waals surface area contributed by atoms with E-state index >= 15 is 0 Å². The van der Waals surface area contributed by atoms with E-state index in [1.54, 1.807) is 0 Å². The van der Waals surface area contributed by atoms with Crippen molar-refractivity contribution >= 4 is 25.4 Å². The van der Waals surface area contributed by atoms with Gasteiger partial charge < -0.3 is 9.47 Å². The SMILES string of the molecule is CCOc1ccc([N+](=O)[O-])c(OC(F)F)c1S(=O)(=O)Cl. The molecular weight excluding hydrogens is 324 g/mol. The molecule has 0 atom stereocenters. The van der Waals surface area contributed by atoms with Gasteiger partial charge in [-0.3, -0.25) is 10.1 Å². The molecule has 0 radical (unpaired) electrons. The van der Waals surface area contributed by atoms with Crippen LogP contribution in [-0.2, 0) is 9.05 Å². The van der Waals surface area contributed by atoms with Gasteiger partial charge in [-0.2, -0.15) is 8.78 Å². The lowest BCUT2D eigenvalue weighted by Gasteiger charge is -2.13. The number of nitro benzene ring substituents is 1. The number of hydrogen-bond donors (Lipinski definition) is 0. The molecule has 1 rings (SSSR count). The molecule has 0 spiro atoms. The highest BCUT2D eigenvalue weighted by molar-refractivity contribution is 8.14. The molecule has 0 aliphatic heterocycles. The van der Waals surface area contributed by atoms with Gasteiger partial charge in [0.05, 0.1) is 11.5 Å². The van der Waals surface area contributed by atoms with Crippen molar-refractivity contribution in [1.29, 1.82) is 0 Å². The van der Waals surface area contributed by atoms with Crippen molar-refractivity contribution < 1.29 is 31.6 Å². The Kier molecular flexibility index (Phi) is 5.06. The Bertz CT molecular complexity index is 621. The topological polar surface area (TPSA) is 95.7 Å². The largest absolute Gasteiger partial charge is 0.492 e. The third-order valence-electron chi connectivity index (χ3n) is 2.00. The molecule has 1 aromatic rings. The number of rotatable bonds is 6. The van der Waals surface area contributed by atoms with Crippen LogP contribution in [0.1, 0.15) is 6.92 Å². The second kappa shape index (κ2) is 6.18. The van der Waals surface area contributed by atoms with Gasteiger partial charge >= 0.3 is 12.3 Å². The minimum absolute atomic E-state index is 0.00859. The van der Waals surface area contributed by atoms with E-state index in [1.165, 1.54) is 6.92 Å². The highest BCUT2D eigenvalue weighted by Crippen LogP contribution is 2.42. The smallest absolute Gasteiger partial charge is 0.387 e. The summed E-state index contributed by atoms with van der Waals surface area (Å²) in [6.45, 7) is -1.98. The molecule has 112 valence electrons. The van der Waals surface area contributed by atoms with Crippen LogP contribution >= 0.6 is 10.7 Å². The Labute approximate surface area is 116 Å². The first-order chi connectivity index (χ1) is 9.18. The lowest BCUT2D eigenvalue weighted by Crippen LogP contribution is -2.10. The van der Waals surface area contributed by atoms with Crippen molar-refractivity contribution in [3.63, 3.8) is 0 Å². The minimum atomic E-state index is -4.60. The number of halogens is 3. The van der Waals surface area contributed by atoms with Crippen LogP contribution in [0.4, 0.5) is 14.5 Å². The van der Waals surface area contributed by atoms with E-state index in [9.17, 15) is 27.3 Å². The molecule has 0 unspecified atom stereocenters.